The van der Waals surface area contributed by atoms with Crippen molar-refractivity contribution in [1.82, 2.24) is 0 Å². The molecule has 0 aromatic carbocycles. The molecule has 4 saturated carbocycles. The zero-order valence-electron chi connectivity index (χ0n) is 19.6. The van der Waals surface area contributed by atoms with E-state index in [2.05, 4.69) is 27.7 Å². The van der Waals surface area contributed by atoms with Crippen molar-refractivity contribution in [3.63, 3.8) is 0 Å². The molecule has 0 radical (unpaired) electrons. The first-order valence-electron chi connectivity index (χ1n) is 13.1. The average Bonchev–Trinajstić information content (AvgIpc) is 3.16. The Morgan fingerprint density at radius 1 is 0.933 bits per heavy atom. The van der Waals surface area contributed by atoms with E-state index >= 15 is 0 Å². The minimum absolute atomic E-state index is 0.292. The van der Waals surface area contributed by atoms with Crippen LogP contribution in [0.1, 0.15) is 91.9 Å². The number of ketones is 1. The topological polar surface area (TPSA) is 35.5 Å². The van der Waals surface area contributed by atoms with Crippen molar-refractivity contribution in [3.05, 3.63) is 0 Å². The Morgan fingerprint density at radius 3 is 2.53 bits per heavy atom. The van der Waals surface area contributed by atoms with Gasteiger partial charge in [-0.1, -0.05) is 27.7 Å². The van der Waals surface area contributed by atoms with E-state index in [0.717, 1.165) is 50.0 Å². The molecule has 0 N–H and O–H groups in total. The van der Waals surface area contributed by atoms with Gasteiger partial charge in [0.1, 0.15) is 5.78 Å². The van der Waals surface area contributed by atoms with Gasteiger partial charge in [0.15, 0.2) is 5.79 Å². The molecule has 0 bridgehead atoms. The van der Waals surface area contributed by atoms with Gasteiger partial charge in [-0.2, -0.15) is 0 Å². The molecule has 2 aliphatic heterocycles. The fraction of sp³-hybridized carbons (Fsp3) is 0.963. The van der Waals surface area contributed by atoms with Gasteiger partial charge in [-0.25, -0.2) is 0 Å². The molecule has 3 heteroatoms. The van der Waals surface area contributed by atoms with E-state index in [1.807, 2.05) is 0 Å². The highest BCUT2D eigenvalue weighted by atomic mass is 16.7. The molecular formula is C27H42O3. The molecule has 4 aliphatic carbocycles. The molecule has 2 heterocycles. The summed E-state index contributed by atoms with van der Waals surface area (Å²) in [6.45, 7) is 10.8. The second-order valence-electron chi connectivity index (χ2n) is 12.9. The summed E-state index contributed by atoms with van der Waals surface area (Å²) in [6.07, 6.45) is 12.2. The Balaban J connectivity index is 1.26. The van der Waals surface area contributed by atoms with Crippen LogP contribution in [0.15, 0.2) is 0 Å². The Hall–Kier alpha value is -0.410. The highest BCUT2D eigenvalue weighted by Crippen LogP contribution is 2.71. The number of carbonyl (C=O) groups is 1. The summed E-state index contributed by atoms with van der Waals surface area (Å²) in [5.74, 6) is 5.23. The van der Waals surface area contributed by atoms with E-state index in [1.54, 1.807) is 0 Å². The van der Waals surface area contributed by atoms with E-state index in [1.165, 1.54) is 38.5 Å². The molecule has 6 fully saturated rings. The number of rotatable bonds is 0. The van der Waals surface area contributed by atoms with Gasteiger partial charge in [0.25, 0.3) is 0 Å². The first-order chi connectivity index (χ1) is 14.3. The molecule has 0 aromatic heterocycles. The van der Waals surface area contributed by atoms with Crippen molar-refractivity contribution >= 4 is 5.78 Å². The van der Waals surface area contributed by atoms with Crippen molar-refractivity contribution in [2.75, 3.05) is 6.61 Å². The maximum atomic E-state index is 12.2. The molecule has 3 nitrogen and oxygen atoms in total. The van der Waals surface area contributed by atoms with Crippen LogP contribution in [0.5, 0.6) is 0 Å². The van der Waals surface area contributed by atoms with Crippen LogP contribution in [0.25, 0.3) is 0 Å². The Kier molecular flexibility index (Phi) is 4.42. The van der Waals surface area contributed by atoms with Crippen LogP contribution >= 0.6 is 0 Å². The molecule has 168 valence electrons. The van der Waals surface area contributed by atoms with Gasteiger partial charge < -0.3 is 9.47 Å². The maximum absolute atomic E-state index is 12.2. The van der Waals surface area contributed by atoms with E-state index in [-0.39, 0.29) is 5.79 Å². The highest BCUT2D eigenvalue weighted by molar-refractivity contribution is 5.79. The Bertz CT molecular complexity index is 724. The summed E-state index contributed by atoms with van der Waals surface area (Å²) in [7, 11) is 0. The van der Waals surface area contributed by atoms with E-state index in [9.17, 15) is 4.79 Å². The third-order valence-electron chi connectivity index (χ3n) is 11.7. The average molecular weight is 415 g/mol. The van der Waals surface area contributed by atoms with E-state index in [0.29, 0.717) is 46.4 Å². The van der Waals surface area contributed by atoms with Crippen LogP contribution in [0.4, 0.5) is 0 Å². The smallest absolute Gasteiger partial charge is 0.171 e. The van der Waals surface area contributed by atoms with Crippen molar-refractivity contribution < 1.29 is 14.3 Å². The lowest BCUT2D eigenvalue weighted by Gasteiger charge is -2.60. The Labute approximate surface area is 183 Å². The molecule has 6 aliphatic rings. The van der Waals surface area contributed by atoms with Crippen molar-refractivity contribution in [1.29, 1.82) is 0 Å². The predicted octanol–water partition coefficient (Wildman–Crippen LogP) is 6.00. The minimum Gasteiger partial charge on any atom is -0.349 e. The molecule has 1 spiro atoms. The van der Waals surface area contributed by atoms with Crippen LogP contribution in [-0.2, 0) is 14.3 Å². The molecule has 6 rings (SSSR count). The molecule has 0 amide bonds. The zero-order valence-corrected chi connectivity index (χ0v) is 19.6. The van der Waals surface area contributed by atoms with Gasteiger partial charge in [-0.15, -0.1) is 0 Å². The van der Waals surface area contributed by atoms with E-state index in [4.69, 9.17) is 9.47 Å². The molecule has 2 saturated heterocycles. The maximum Gasteiger partial charge on any atom is 0.171 e. The summed E-state index contributed by atoms with van der Waals surface area (Å²) >= 11 is 0. The van der Waals surface area contributed by atoms with E-state index < -0.39 is 0 Å². The lowest BCUT2D eigenvalue weighted by molar-refractivity contribution is -0.273. The quantitative estimate of drug-likeness (QED) is 0.487. The van der Waals surface area contributed by atoms with Gasteiger partial charge in [0, 0.05) is 25.2 Å². The van der Waals surface area contributed by atoms with Gasteiger partial charge in [0.2, 0.25) is 0 Å². The fourth-order valence-corrected chi connectivity index (χ4v) is 10.1. The monoisotopic (exact) mass is 414 g/mol. The summed E-state index contributed by atoms with van der Waals surface area (Å²) in [6, 6.07) is 0. The minimum atomic E-state index is -0.292. The number of fused-ring (bicyclic) bond motifs is 7. The lowest BCUT2D eigenvalue weighted by Crippen LogP contribution is -2.54. The first-order valence-corrected chi connectivity index (χ1v) is 13.1. The highest BCUT2D eigenvalue weighted by Gasteiger charge is 2.69. The SMILES string of the molecule is CC1CCC2(OC1)O[C@H]1CC3C4CC[C@@H]5CC(=O)CC[C@]5(C)C4CC[C@]3(C)C1[C@@H]2C. The van der Waals surface area contributed by atoms with Crippen LogP contribution in [0.2, 0.25) is 0 Å². The molecule has 30 heavy (non-hydrogen) atoms. The second kappa shape index (κ2) is 6.56. The first kappa shape index (κ1) is 20.2. The number of carbonyl (C=O) groups excluding carboxylic acids is 1. The molecular weight excluding hydrogens is 372 g/mol. The second-order valence-corrected chi connectivity index (χ2v) is 12.9. The zero-order chi connectivity index (χ0) is 20.9. The largest absolute Gasteiger partial charge is 0.349 e. The van der Waals surface area contributed by atoms with Crippen molar-refractivity contribution in [2.45, 2.75) is 104 Å². The number of hydrogen-bond acceptors (Lipinski definition) is 3. The number of Topliss-reactive ketones (excluding diaryl/α,β-unsaturated/α-hetero) is 1. The third kappa shape index (κ3) is 2.54. The van der Waals surface area contributed by atoms with Gasteiger partial charge in [0.05, 0.1) is 12.7 Å². The van der Waals surface area contributed by atoms with Crippen molar-refractivity contribution in [2.24, 2.45) is 52.3 Å². The normalized spacial score (nSPS) is 60.1. The van der Waals surface area contributed by atoms with Crippen LogP contribution in [0, 0.1) is 52.3 Å². The summed E-state index contributed by atoms with van der Waals surface area (Å²) in [5.41, 5.74) is 0.820. The predicted molar refractivity (Wildman–Crippen MR) is 117 cm³/mol. The lowest BCUT2D eigenvalue weighted by atomic mass is 9.44. The molecule has 6 unspecified atom stereocenters. The summed E-state index contributed by atoms with van der Waals surface area (Å²) in [4.78, 5) is 12.2. The number of hydrogen-bond donors (Lipinski definition) is 0. The van der Waals surface area contributed by atoms with Gasteiger partial charge in [-0.3, -0.25) is 4.79 Å². The van der Waals surface area contributed by atoms with Gasteiger partial charge in [-0.05, 0) is 91.3 Å². The van der Waals surface area contributed by atoms with Crippen LogP contribution in [-0.4, -0.2) is 24.3 Å². The standard InChI is InChI=1S/C27H42O3/c1-16-7-12-27(29-15-16)17(2)24-23(30-27)14-22-20-6-5-18-13-19(28)8-10-25(18,3)21(20)9-11-26(22,24)4/h16-18,20-24H,5-15H2,1-4H3/t16?,17-,18+,20?,21?,22?,23-,24?,25-,26-,27?/m0/s1. The third-order valence-corrected chi connectivity index (χ3v) is 11.7. The van der Waals surface area contributed by atoms with Crippen LogP contribution < -0.4 is 0 Å². The Morgan fingerprint density at radius 2 is 1.77 bits per heavy atom. The molecule has 0 aromatic rings. The fourth-order valence-electron chi connectivity index (χ4n) is 10.1. The van der Waals surface area contributed by atoms with Gasteiger partial charge >= 0.3 is 0 Å². The van der Waals surface area contributed by atoms with Crippen LogP contribution in [0.3, 0.4) is 0 Å². The van der Waals surface area contributed by atoms with Crippen molar-refractivity contribution in [3.8, 4) is 0 Å². The molecule has 11 atom stereocenters. The number of ether oxygens (including phenoxy) is 2. The summed E-state index contributed by atoms with van der Waals surface area (Å²) < 4.78 is 13.4. The summed E-state index contributed by atoms with van der Waals surface area (Å²) in [5, 5.41) is 0.